The van der Waals surface area contributed by atoms with E-state index in [4.69, 9.17) is 6.42 Å². The molecule has 1 heterocycles. The van der Waals surface area contributed by atoms with Gasteiger partial charge in [-0.25, -0.2) is 0 Å². The Balaban J connectivity index is 0.000001000. The zero-order chi connectivity index (χ0) is 7.40. The van der Waals surface area contributed by atoms with Crippen molar-refractivity contribution >= 4 is 12.4 Å². The van der Waals surface area contributed by atoms with Crippen LogP contribution < -0.4 is 5.32 Å². The van der Waals surface area contributed by atoms with Gasteiger partial charge in [0.25, 0.3) is 0 Å². The monoisotopic (exact) mass is 173 g/mol. The predicted molar refractivity (Wildman–Crippen MR) is 50.8 cm³/mol. The smallest absolute Gasteiger partial charge is 0.0201 e. The van der Waals surface area contributed by atoms with Crippen molar-refractivity contribution in [1.82, 2.24) is 5.32 Å². The molecule has 1 fully saturated rings. The number of hydrogen-bond acceptors (Lipinski definition) is 1. The molecule has 0 amide bonds. The predicted octanol–water partition coefficient (Wildman–Crippen LogP) is 1.68. The Kier molecular flexibility index (Phi) is 5.36. The highest BCUT2D eigenvalue weighted by Gasteiger charge is 2.17. The summed E-state index contributed by atoms with van der Waals surface area (Å²) >= 11 is 0. The lowest BCUT2D eigenvalue weighted by atomic mass is 9.87. The summed E-state index contributed by atoms with van der Waals surface area (Å²) in [4.78, 5) is 0. The zero-order valence-electron chi connectivity index (χ0n) is 6.97. The highest BCUT2D eigenvalue weighted by Crippen LogP contribution is 2.20. The maximum atomic E-state index is 5.33. The van der Waals surface area contributed by atoms with Gasteiger partial charge in [-0.2, -0.15) is 0 Å². The van der Waals surface area contributed by atoms with Gasteiger partial charge in [0.05, 0.1) is 0 Å². The average Bonchev–Trinajstić information content (AvgIpc) is 2.05. The van der Waals surface area contributed by atoms with Gasteiger partial charge in [-0.15, -0.1) is 24.8 Å². The fourth-order valence-corrected chi connectivity index (χ4v) is 1.48. The molecule has 1 aliphatic rings. The molecule has 11 heavy (non-hydrogen) atoms. The fraction of sp³-hybridized carbons (Fsp3) is 0.778. The van der Waals surface area contributed by atoms with E-state index in [0.717, 1.165) is 19.0 Å². The van der Waals surface area contributed by atoms with E-state index in [2.05, 4.69) is 18.2 Å². The summed E-state index contributed by atoms with van der Waals surface area (Å²) in [6.45, 7) is 4.45. The van der Waals surface area contributed by atoms with E-state index in [1.165, 1.54) is 12.8 Å². The molecule has 1 aliphatic heterocycles. The largest absolute Gasteiger partial charge is 0.317 e. The molecule has 0 aromatic carbocycles. The molecule has 0 aromatic rings. The Hall–Kier alpha value is -0.190. The number of rotatable bonds is 1. The van der Waals surface area contributed by atoms with Gasteiger partial charge in [-0.3, -0.25) is 0 Å². The first-order valence-electron chi connectivity index (χ1n) is 4.01. The Labute approximate surface area is 75.4 Å². The molecule has 0 spiro atoms. The lowest BCUT2D eigenvalue weighted by Gasteiger charge is -2.24. The molecular weight excluding hydrogens is 158 g/mol. The minimum atomic E-state index is 0. The van der Waals surface area contributed by atoms with E-state index in [9.17, 15) is 0 Å². The second-order valence-electron chi connectivity index (χ2n) is 3.04. The molecule has 2 heteroatoms. The van der Waals surface area contributed by atoms with Crippen LogP contribution >= 0.6 is 12.4 Å². The lowest BCUT2D eigenvalue weighted by Crippen LogP contribution is -2.30. The third-order valence-corrected chi connectivity index (χ3v) is 2.35. The van der Waals surface area contributed by atoms with Crippen LogP contribution in [0.3, 0.4) is 0 Å². The molecule has 1 rings (SSSR count). The van der Waals surface area contributed by atoms with Gasteiger partial charge < -0.3 is 5.32 Å². The van der Waals surface area contributed by atoms with Gasteiger partial charge in [0.1, 0.15) is 0 Å². The van der Waals surface area contributed by atoms with Crippen molar-refractivity contribution in [3.8, 4) is 12.3 Å². The number of halogens is 1. The van der Waals surface area contributed by atoms with Crippen LogP contribution in [0, 0.1) is 24.2 Å². The number of nitrogens with one attached hydrogen (secondary N) is 1. The zero-order valence-corrected chi connectivity index (χ0v) is 7.79. The molecule has 1 nitrogen and oxygen atoms in total. The van der Waals surface area contributed by atoms with Crippen molar-refractivity contribution < 1.29 is 0 Å². The summed E-state index contributed by atoms with van der Waals surface area (Å²) in [6.07, 6.45) is 7.84. The van der Waals surface area contributed by atoms with Crippen molar-refractivity contribution in [2.45, 2.75) is 19.8 Å². The minimum absolute atomic E-state index is 0. The topological polar surface area (TPSA) is 12.0 Å². The number of terminal acetylenes is 1. The number of piperidine rings is 1. The van der Waals surface area contributed by atoms with Crippen molar-refractivity contribution in [1.29, 1.82) is 0 Å². The summed E-state index contributed by atoms with van der Waals surface area (Å²) in [5.41, 5.74) is 0. The molecule has 0 aromatic heterocycles. The van der Waals surface area contributed by atoms with E-state index in [-0.39, 0.29) is 12.4 Å². The van der Waals surface area contributed by atoms with Crippen LogP contribution in [0.5, 0.6) is 0 Å². The van der Waals surface area contributed by atoms with Crippen molar-refractivity contribution in [3.05, 3.63) is 0 Å². The third-order valence-electron chi connectivity index (χ3n) is 2.35. The Morgan fingerprint density at radius 1 is 1.45 bits per heavy atom. The summed E-state index contributed by atoms with van der Waals surface area (Å²) in [7, 11) is 0. The van der Waals surface area contributed by atoms with Gasteiger partial charge in [0, 0.05) is 5.92 Å². The molecule has 0 saturated carbocycles. The Morgan fingerprint density at radius 2 is 2.00 bits per heavy atom. The van der Waals surface area contributed by atoms with Crippen molar-refractivity contribution in [2.24, 2.45) is 11.8 Å². The first-order chi connectivity index (χ1) is 4.84. The molecule has 1 atom stereocenters. The fourth-order valence-electron chi connectivity index (χ4n) is 1.48. The van der Waals surface area contributed by atoms with Crippen LogP contribution in [0.1, 0.15) is 19.8 Å². The quantitative estimate of drug-likeness (QED) is 0.595. The molecule has 1 saturated heterocycles. The summed E-state index contributed by atoms with van der Waals surface area (Å²) < 4.78 is 0. The maximum Gasteiger partial charge on any atom is 0.0201 e. The molecule has 1 N–H and O–H groups in total. The summed E-state index contributed by atoms with van der Waals surface area (Å²) in [6, 6.07) is 0. The first-order valence-corrected chi connectivity index (χ1v) is 4.01. The second kappa shape index (κ2) is 5.46. The van der Waals surface area contributed by atoms with E-state index < -0.39 is 0 Å². The second-order valence-corrected chi connectivity index (χ2v) is 3.04. The van der Waals surface area contributed by atoms with E-state index in [1.54, 1.807) is 0 Å². The van der Waals surface area contributed by atoms with Crippen molar-refractivity contribution in [3.63, 3.8) is 0 Å². The van der Waals surface area contributed by atoms with Crippen LogP contribution in [-0.2, 0) is 0 Å². The Morgan fingerprint density at radius 3 is 2.45 bits per heavy atom. The average molecular weight is 174 g/mol. The molecule has 1 unspecified atom stereocenters. The van der Waals surface area contributed by atoms with Crippen LogP contribution in [0.4, 0.5) is 0 Å². The minimum Gasteiger partial charge on any atom is -0.317 e. The molecule has 0 radical (unpaired) electrons. The van der Waals surface area contributed by atoms with Crippen LogP contribution in [0.2, 0.25) is 0 Å². The van der Waals surface area contributed by atoms with Crippen LogP contribution in [-0.4, -0.2) is 13.1 Å². The van der Waals surface area contributed by atoms with Gasteiger partial charge in [0.2, 0.25) is 0 Å². The highest BCUT2D eigenvalue weighted by molar-refractivity contribution is 5.85. The van der Waals surface area contributed by atoms with Crippen LogP contribution in [0.25, 0.3) is 0 Å². The van der Waals surface area contributed by atoms with E-state index >= 15 is 0 Å². The number of hydrogen-bond donors (Lipinski definition) is 1. The summed E-state index contributed by atoms with van der Waals surface area (Å²) in [5.74, 6) is 4.05. The standard InChI is InChI=1S/C9H15N.ClH/c1-3-8(2)9-4-6-10-7-5-9;/h1,8-10H,4-7H2,2H3;1H. The van der Waals surface area contributed by atoms with Crippen LogP contribution in [0.15, 0.2) is 0 Å². The third kappa shape index (κ3) is 3.14. The summed E-state index contributed by atoms with van der Waals surface area (Å²) in [5, 5.41) is 3.33. The SMILES string of the molecule is C#CC(C)C1CCNCC1.Cl. The first kappa shape index (κ1) is 10.8. The van der Waals surface area contributed by atoms with E-state index in [1.807, 2.05) is 0 Å². The maximum absolute atomic E-state index is 5.33. The Bertz CT molecular complexity index is 133. The molecule has 0 aliphatic carbocycles. The highest BCUT2D eigenvalue weighted by atomic mass is 35.5. The molecule has 64 valence electrons. The van der Waals surface area contributed by atoms with Gasteiger partial charge >= 0.3 is 0 Å². The van der Waals surface area contributed by atoms with Gasteiger partial charge in [-0.1, -0.05) is 6.92 Å². The van der Waals surface area contributed by atoms with Crippen molar-refractivity contribution in [2.75, 3.05) is 13.1 Å². The van der Waals surface area contributed by atoms with Gasteiger partial charge in [0.15, 0.2) is 0 Å². The normalized spacial score (nSPS) is 21.5. The molecule has 0 bridgehead atoms. The molecular formula is C9H16ClN. The lowest BCUT2D eigenvalue weighted by molar-refractivity contribution is 0.320. The van der Waals surface area contributed by atoms with E-state index in [0.29, 0.717) is 5.92 Å². The van der Waals surface area contributed by atoms with Gasteiger partial charge in [-0.05, 0) is 31.8 Å².